The van der Waals surface area contributed by atoms with Crippen LogP contribution >= 0.6 is 23.4 Å². The van der Waals surface area contributed by atoms with E-state index in [9.17, 15) is 18.0 Å². The van der Waals surface area contributed by atoms with E-state index in [1.165, 1.54) is 23.9 Å². The van der Waals surface area contributed by atoms with Crippen molar-refractivity contribution in [2.75, 3.05) is 11.1 Å². The summed E-state index contributed by atoms with van der Waals surface area (Å²) >= 11 is 7.70. The Morgan fingerprint density at radius 3 is 2.42 bits per heavy atom. The number of thioether (sulfide) groups is 1. The molecule has 4 rings (SSSR count). The van der Waals surface area contributed by atoms with Gasteiger partial charge in [0.05, 0.1) is 5.75 Å². The number of carbonyl (C=O) groups excluding carboxylic acids is 1. The lowest BCUT2D eigenvalue weighted by Gasteiger charge is -2.10. The molecule has 1 aromatic heterocycles. The average molecular weight is 491 g/mol. The average Bonchev–Trinajstić information content (AvgIpc) is 3.12. The number of amides is 1. The molecule has 33 heavy (non-hydrogen) atoms. The summed E-state index contributed by atoms with van der Waals surface area (Å²) in [6, 6.07) is 20.6. The number of nitrogens with zero attached hydrogens (tertiary/aromatic N) is 1. The monoisotopic (exact) mass is 490 g/mol. The number of nitrogens with one attached hydrogen (secondary N) is 1. The van der Waals surface area contributed by atoms with E-state index in [0.29, 0.717) is 17.3 Å². The number of fused-ring (bicyclic) bond motifs is 1. The van der Waals surface area contributed by atoms with Gasteiger partial charge in [0.2, 0.25) is 5.91 Å². The third kappa shape index (κ3) is 6.03. The molecule has 4 aromatic rings. The molecule has 0 fully saturated rings. The van der Waals surface area contributed by atoms with E-state index in [4.69, 9.17) is 11.6 Å². The normalized spacial score (nSPS) is 11.5. The minimum absolute atomic E-state index is 0.140. The van der Waals surface area contributed by atoms with Crippen LogP contribution in [0, 0.1) is 0 Å². The zero-order chi connectivity index (χ0) is 23.4. The summed E-state index contributed by atoms with van der Waals surface area (Å²) in [5.74, 6) is -0.477. The summed E-state index contributed by atoms with van der Waals surface area (Å²) < 4.78 is 42.7. The van der Waals surface area contributed by atoms with Crippen molar-refractivity contribution in [3.63, 3.8) is 0 Å². The first-order valence-corrected chi connectivity index (χ1v) is 11.2. The Morgan fingerprint density at radius 2 is 1.70 bits per heavy atom. The molecule has 9 heteroatoms. The Hall–Kier alpha value is -3.10. The smallest absolute Gasteiger partial charge is 0.406 e. The molecule has 0 radical (unpaired) electrons. The third-order valence-corrected chi connectivity index (χ3v) is 6.19. The van der Waals surface area contributed by atoms with Crippen LogP contribution in [0.15, 0.2) is 83.9 Å². The van der Waals surface area contributed by atoms with E-state index in [1.54, 1.807) is 0 Å². The van der Waals surface area contributed by atoms with Crippen LogP contribution in [0.5, 0.6) is 5.75 Å². The van der Waals surface area contributed by atoms with Crippen molar-refractivity contribution in [3.8, 4) is 5.75 Å². The van der Waals surface area contributed by atoms with Crippen molar-refractivity contribution in [1.29, 1.82) is 0 Å². The number of hydrogen-bond donors (Lipinski definition) is 1. The lowest BCUT2D eigenvalue weighted by atomic mass is 10.2. The zero-order valence-corrected chi connectivity index (χ0v) is 18.7. The van der Waals surface area contributed by atoms with Crippen molar-refractivity contribution < 1.29 is 22.7 Å². The fraction of sp³-hybridized carbons (Fsp3) is 0.125. The highest BCUT2D eigenvalue weighted by Crippen LogP contribution is 2.31. The zero-order valence-electron chi connectivity index (χ0n) is 17.1. The molecule has 1 N–H and O–H groups in total. The summed E-state index contributed by atoms with van der Waals surface area (Å²) in [5.41, 5.74) is 2.41. The minimum Gasteiger partial charge on any atom is -0.406 e. The lowest BCUT2D eigenvalue weighted by Crippen LogP contribution is -2.17. The van der Waals surface area contributed by atoms with Gasteiger partial charge in [0.25, 0.3) is 0 Å². The van der Waals surface area contributed by atoms with Crippen molar-refractivity contribution in [2.24, 2.45) is 0 Å². The summed E-state index contributed by atoms with van der Waals surface area (Å²) in [6.07, 6.45) is -2.76. The Bertz CT molecular complexity index is 1270. The van der Waals surface area contributed by atoms with Crippen molar-refractivity contribution in [2.45, 2.75) is 17.8 Å². The molecule has 3 aromatic carbocycles. The van der Waals surface area contributed by atoms with Gasteiger partial charge in [0, 0.05) is 39.3 Å². The molecule has 0 bridgehead atoms. The van der Waals surface area contributed by atoms with E-state index < -0.39 is 6.36 Å². The second-order valence-electron chi connectivity index (χ2n) is 7.14. The Balaban J connectivity index is 1.43. The molecule has 4 nitrogen and oxygen atoms in total. The number of halogens is 4. The predicted molar refractivity (Wildman–Crippen MR) is 125 cm³/mol. The first-order valence-electron chi connectivity index (χ1n) is 9.88. The van der Waals surface area contributed by atoms with Gasteiger partial charge in [0.15, 0.2) is 0 Å². The van der Waals surface area contributed by atoms with Crippen LogP contribution in [0.1, 0.15) is 5.56 Å². The standard InChI is InChI=1S/C24H18ClF3N2O2S/c25-20-7-3-1-5-16(20)13-30-14-22(19-6-2-4-8-21(19)30)33-15-23(31)29-17-9-11-18(12-10-17)32-24(26,27)28/h1-12,14H,13,15H2,(H,29,31). The third-order valence-electron chi connectivity index (χ3n) is 4.78. The van der Waals surface area contributed by atoms with Crippen molar-refractivity contribution in [3.05, 3.63) is 89.6 Å². The van der Waals surface area contributed by atoms with Crippen molar-refractivity contribution in [1.82, 2.24) is 4.57 Å². The number of hydrogen-bond acceptors (Lipinski definition) is 3. The molecule has 0 unspecified atom stereocenters. The Kier molecular flexibility index (Phi) is 6.85. The molecular weight excluding hydrogens is 473 g/mol. The summed E-state index contributed by atoms with van der Waals surface area (Å²) in [5, 5.41) is 4.40. The second kappa shape index (κ2) is 9.80. The molecule has 170 valence electrons. The summed E-state index contributed by atoms with van der Waals surface area (Å²) in [7, 11) is 0. The van der Waals surface area contributed by atoms with Crippen LogP contribution in [-0.4, -0.2) is 22.6 Å². The lowest BCUT2D eigenvalue weighted by molar-refractivity contribution is -0.274. The molecule has 0 saturated heterocycles. The number of alkyl halides is 3. The van der Waals surface area contributed by atoms with Crippen molar-refractivity contribution >= 4 is 45.9 Å². The van der Waals surface area contributed by atoms with Gasteiger partial charge in [0.1, 0.15) is 5.75 Å². The van der Waals surface area contributed by atoms with E-state index in [-0.39, 0.29) is 17.4 Å². The number of aromatic nitrogens is 1. The van der Waals surface area contributed by atoms with E-state index in [0.717, 1.165) is 33.5 Å². The van der Waals surface area contributed by atoms with Gasteiger partial charge < -0.3 is 14.6 Å². The van der Waals surface area contributed by atoms with E-state index in [2.05, 4.69) is 14.6 Å². The van der Waals surface area contributed by atoms with Crippen LogP contribution in [-0.2, 0) is 11.3 Å². The fourth-order valence-corrected chi connectivity index (χ4v) is 4.43. The molecule has 0 saturated carbocycles. The predicted octanol–water partition coefficient (Wildman–Crippen LogP) is 6.97. The van der Waals surface area contributed by atoms with Crippen LogP contribution in [0.25, 0.3) is 10.9 Å². The number of para-hydroxylation sites is 1. The molecule has 1 heterocycles. The molecule has 0 aliphatic heterocycles. The highest BCUT2D eigenvalue weighted by atomic mass is 35.5. The topological polar surface area (TPSA) is 43.3 Å². The first-order chi connectivity index (χ1) is 15.8. The van der Waals surface area contributed by atoms with Gasteiger partial charge in [-0.2, -0.15) is 0 Å². The number of carbonyl (C=O) groups is 1. The van der Waals surface area contributed by atoms with Gasteiger partial charge in [-0.3, -0.25) is 4.79 Å². The van der Waals surface area contributed by atoms with Crippen LogP contribution < -0.4 is 10.1 Å². The number of ether oxygens (including phenoxy) is 1. The molecule has 0 aliphatic rings. The summed E-state index contributed by atoms with van der Waals surface area (Å²) in [4.78, 5) is 13.4. The molecule has 1 amide bonds. The SMILES string of the molecule is O=C(CSc1cn(Cc2ccccc2Cl)c2ccccc12)Nc1ccc(OC(F)(F)F)cc1. The fourth-order valence-electron chi connectivity index (χ4n) is 3.35. The van der Waals surface area contributed by atoms with Gasteiger partial charge in [-0.25, -0.2) is 0 Å². The maximum atomic E-state index is 12.4. The van der Waals surface area contributed by atoms with Gasteiger partial charge in [-0.05, 0) is 42.0 Å². The van der Waals surface area contributed by atoms with Gasteiger partial charge in [-0.15, -0.1) is 24.9 Å². The molecule has 0 spiro atoms. The second-order valence-corrected chi connectivity index (χ2v) is 8.56. The van der Waals surface area contributed by atoms with Crippen LogP contribution in [0.4, 0.5) is 18.9 Å². The van der Waals surface area contributed by atoms with E-state index in [1.807, 2.05) is 54.7 Å². The quantitative estimate of drug-likeness (QED) is 0.284. The van der Waals surface area contributed by atoms with E-state index >= 15 is 0 Å². The molecule has 0 aliphatic carbocycles. The Morgan fingerprint density at radius 1 is 1.00 bits per heavy atom. The highest BCUT2D eigenvalue weighted by Gasteiger charge is 2.31. The largest absolute Gasteiger partial charge is 0.573 e. The maximum absolute atomic E-state index is 12.4. The number of benzene rings is 3. The number of rotatable bonds is 7. The van der Waals surface area contributed by atoms with Crippen LogP contribution in [0.2, 0.25) is 5.02 Å². The first kappa shape index (κ1) is 23.1. The minimum atomic E-state index is -4.76. The highest BCUT2D eigenvalue weighted by molar-refractivity contribution is 8.00. The maximum Gasteiger partial charge on any atom is 0.573 e. The Labute approximate surface area is 197 Å². The van der Waals surface area contributed by atoms with Crippen LogP contribution in [0.3, 0.4) is 0 Å². The van der Waals surface area contributed by atoms with Gasteiger partial charge >= 0.3 is 6.36 Å². The number of anilines is 1. The molecule has 0 atom stereocenters. The molecular formula is C24H18ClF3N2O2S. The van der Waals surface area contributed by atoms with Gasteiger partial charge in [-0.1, -0.05) is 48.0 Å². The summed E-state index contributed by atoms with van der Waals surface area (Å²) in [6.45, 7) is 0.597.